The summed E-state index contributed by atoms with van der Waals surface area (Å²) >= 11 is 5.96. The minimum absolute atomic E-state index is 0.0644. The molecular formula is C24H23Br2F4NO5S. The molecule has 2 fully saturated rings. The number of rotatable bonds is 10. The van der Waals surface area contributed by atoms with Crippen LogP contribution in [0.2, 0.25) is 0 Å². The first-order chi connectivity index (χ1) is 17.3. The van der Waals surface area contributed by atoms with E-state index in [-0.39, 0.29) is 34.6 Å². The van der Waals surface area contributed by atoms with Crippen molar-refractivity contribution in [2.45, 2.75) is 32.1 Å². The number of benzene rings is 2. The number of hydrogen-bond acceptors (Lipinski definition) is 6. The molecule has 13 heteroatoms. The zero-order chi connectivity index (χ0) is 27.4. The molecule has 0 saturated heterocycles. The van der Waals surface area contributed by atoms with Crippen molar-refractivity contribution in [1.82, 2.24) is 0 Å². The van der Waals surface area contributed by atoms with Crippen LogP contribution in [0.3, 0.4) is 0 Å². The largest absolute Gasteiger partial charge is 0.487 e. The number of nitrogens with zero attached hydrogens (tertiary/aromatic N) is 1. The first-order valence-electron chi connectivity index (χ1n) is 11.0. The summed E-state index contributed by atoms with van der Waals surface area (Å²) in [7, 11) is -2.54. The Morgan fingerprint density at radius 3 is 1.54 bits per heavy atom. The van der Waals surface area contributed by atoms with Crippen LogP contribution in [0.15, 0.2) is 33.2 Å². The predicted octanol–water partition coefficient (Wildman–Crippen LogP) is 6.66. The summed E-state index contributed by atoms with van der Waals surface area (Å²) in [6, 6.07) is 6.55. The van der Waals surface area contributed by atoms with Crippen molar-refractivity contribution < 1.29 is 39.6 Å². The molecule has 2 aliphatic rings. The minimum atomic E-state index is -3.62. The van der Waals surface area contributed by atoms with Crippen molar-refractivity contribution >= 4 is 42.0 Å². The molecule has 0 bridgehead atoms. The average Bonchev–Trinajstić information content (AvgIpc) is 3.71. The Bertz CT molecular complexity index is 1250. The molecule has 0 atom stereocenters. The van der Waals surface area contributed by atoms with Crippen LogP contribution >= 0.6 is 31.9 Å². The molecule has 2 aliphatic carbocycles. The van der Waals surface area contributed by atoms with E-state index in [9.17, 15) is 26.0 Å². The third kappa shape index (κ3) is 8.30. The van der Waals surface area contributed by atoms with E-state index in [1.54, 1.807) is 0 Å². The third-order valence-electron chi connectivity index (χ3n) is 6.08. The monoisotopic (exact) mass is 671 g/mol. The van der Waals surface area contributed by atoms with Gasteiger partial charge in [0, 0.05) is 26.2 Å². The van der Waals surface area contributed by atoms with Crippen LogP contribution in [0.1, 0.15) is 32.1 Å². The summed E-state index contributed by atoms with van der Waals surface area (Å²) in [6.45, 7) is 0.126. The van der Waals surface area contributed by atoms with Gasteiger partial charge in [0.1, 0.15) is 0 Å². The van der Waals surface area contributed by atoms with Gasteiger partial charge in [0.2, 0.25) is 0 Å². The van der Waals surface area contributed by atoms with Crippen molar-refractivity contribution in [3.05, 3.63) is 56.5 Å². The smallest absolute Gasteiger partial charge is 0.267 e. The second-order valence-corrected chi connectivity index (χ2v) is 12.7. The summed E-state index contributed by atoms with van der Waals surface area (Å²) < 4.78 is 92.2. The standard InChI is InChI=1S/C12H10BrF2NO.C12H13BrF2O4S/c13-8-5-9(14)11(10(15)6-8)17-7-12(1-2-12)3-4-16;1-18-20(16,17)7-12(2-3-12)6-19-11-9(14)4-8(13)5-10(11)15/h5-6H,1-3,7H2;4-5H,2-3,6-7H2,1H3. The highest BCUT2D eigenvalue weighted by Gasteiger charge is 2.47. The summed E-state index contributed by atoms with van der Waals surface area (Å²) in [5.74, 6) is -4.19. The van der Waals surface area contributed by atoms with E-state index in [4.69, 9.17) is 14.7 Å². The van der Waals surface area contributed by atoms with Gasteiger partial charge in [-0.15, -0.1) is 0 Å². The number of hydrogen-bond donors (Lipinski definition) is 0. The van der Waals surface area contributed by atoms with Crippen LogP contribution in [-0.4, -0.2) is 34.5 Å². The fourth-order valence-corrected chi connectivity index (χ4v) is 5.49. The van der Waals surface area contributed by atoms with E-state index in [1.807, 2.05) is 0 Å². The molecule has 0 spiro atoms. The molecule has 0 heterocycles. The highest BCUT2D eigenvalue weighted by molar-refractivity contribution is 9.10. The Morgan fingerprint density at radius 1 is 0.838 bits per heavy atom. The van der Waals surface area contributed by atoms with Crippen LogP contribution in [0.25, 0.3) is 0 Å². The minimum Gasteiger partial charge on any atom is -0.487 e. The van der Waals surface area contributed by atoms with Crippen molar-refractivity contribution in [1.29, 1.82) is 5.26 Å². The summed E-state index contributed by atoms with van der Waals surface area (Å²) in [6.07, 6.45) is 3.36. The lowest BCUT2D eigenvalue weighted by Gasteiger charge is -2.16. The quantitative estimate of drug-likeness (QED) is 0.207. The predicted molar refractivity (Wildman–Crippen MR) is 133 cm³/mol. The van der Waals surface area contributed by atoms with E-state index in [0.29, 0.717) is 23.7 Å². The lowest BCUT2D eigenvalue weighted by atomic mass is 10.1. The lowest BCUT2D eigenvalue weighted by molar-refractivity contribution is 0.218. The first kappa shape index (κ1) is 29.7. The highest BCUT2D eigenvalue weighted by Crippen LogP contribution is 2.49. The maximum absolute atomic E-state index is 13.6. The molecule has 202 valence electrons. The van der Waals surface area contributed by atoms with Gasteiger partial charge in [0.15, 0.2) is 34.8 Å². The number of halogens is 6. The maximum atomic E-state index is 13.6. The Labute approximate surface area is 229 Å². The molecule has 2 aromatic rings. The van der Waals surface area contributed by atoms with Gasteiger partial charge in [-0.1, -0.05) is 31.9 Å². The molecule has 0 aliphatic heterocycles. The molecule has 0 unspecified atom stereocenters. The van der Waals surface area contributed by atoms with Crippen LogP contribution in [0.5, 0.6) is 11.5 Å². The summed E-state index contributed by atoms with van der Waals surface area (Å²) in [5, 5.41) is 8.62. The second-order valence-electron chi connectivity index (χ2n) is 9.18. The summed E-state index contributed by atoms with van der Waals surface area (Å²) in [4.78, 5) is 0. The van der Waals surface area contributed by atoms with E-state index in [0.717, 1.165) is 44.2 Å². The molecule has 0 N–H and O–H groups in total. The topological polar surface area (TPSA) is 85.6 Å². The van der Waals surface area contributed by atoms with Gasteiger partial charge in [0.25, 0.3) is 10.1 Å². The Morgan fingerprint density at radius 2 is 1.22 bits per heavy atom. The molecule has 0 radical (unpaired) electrons. The molecule has 0 aromatic heterocycles. The van der Waals surface area contributed by atoms with Crippen LogP contribution in [0.4, 0.5) is 17.6 Å². The molecule has 0 amide bonds. The lowest BCUT2D eigenvalue weighted by Crippen LogP contribution is -2.24. The Balaban J connectivity index is 0.000000208. The molecule has 4 rings (SSSR count). The van der Waals surface area contributed by atoms with Crippen molar-refractivity contribution in [2.24, 2.45) is 10.8 Å². The first-order valence-corrected chi connectivity index (χ1v) is 14.2. The normalized spacial score (nSPS) is 16.7. The van der Waals surface area contributed by atoms with Gasteiger partial charge in [-0.3, -0.25) is 4.18 Å². The van der Waals surface area contributed by atoms with Crippen molar-refractivity contribution in [2.75, 3.05) is 26.1 Å². The van der Waals surface area contributed by atoms with E-state index in [2.05, 4.69) is 42.1 Å². The zero-order valence-electron chi connectivity index (χ0n) is 19.6. The van der Waals surface area contributed by atoms with Crippen molar-refractivity contribution in [3.63, 3.8) is 0 Å². The van der Waals surface area contributed by atoms with E-state index < -0.39 is 44.6 Å². The second kappa shape index (κ2) is 11.9. The molecule has 6 nitrogen and oxygen atoms in total. The van der Waals surface area contributed by atoms with Gasteiger partial charge >= 0.3 is 0 Å². The third-order valence-corrected chi connectivity index (χ3v) is 8.47. The molecule has 2 saturated carbocycles. The zero-order valence-corrected chi connectivity index (χ0v) is 23.6. The van der Waals surface area contributed by atoms with Gasteiger partial charge in [-0.25, -0.2) is 17.6 Å². The Kier molecular flexibility index (Phi) is 9.53. The van der Waals surface area contributed by atoms with E-state index in [1.165, 1.54) is 0 Å². The van der Waals surface area contributed by atoms with Crippen molar-refractivity contribution in [3.8, 4) is 17.6 Å². The number of ether oxygens (including phenoxy) is 2. The average molecular weight is 673 g/mol. The fourth-order valence-electron chi connectivity index (χ4n) is 3.44. The maximum Gasteiger partial charge on any atom is 0.267 e. The van der Waals surface area contributed by atoms with Crippen LogP contribution in [0, 0.1) is 45.4 Å². The fraction of sp³-hybridized carbons (Fsp3) is 0.458. The highest BCUT2D eigenvalue weighted by atomic mass is 79.9. The van der Waals surface area contributed by atoms with Gasteiger partial charge in [0.05, 0.1) is 32.1 Å². The van der Waals surface area contributed by atoms with Gasteiger partial charge < -0.3 is 9.47 Å². The SMILES string of the molecule is COS(=O)(=O)CC1(COc2c(F)cc(Br)cc2F)CC1.N#CCC1(COc2c(F)cc(Br)cc2F)CC1. The number of nitriles is 1. The van der Waals surface area contributed by atoms with Crippen LogP contribution < -0.4 is 9.47 Å². The van der Waals surface area contributed by atoms with Gasteiger partial charge in [-0.05, 0) is 49.9 Å². The van der Waals surface area contributed by atoms with Gasteiger partial charge in [-0.2, -0.15) is 13.7 Å². The Hall–Kier alpha value is -1.88. The molecule has 37 heavy (non-hydrogen) atoms. The van der Waals surface area contributed by atoms with Crippen LogP contribution in [-0.2, 0) is 14.3 Å². The van der Waals surface area contributed by atoms with E-state index >= 15 is 0 Å². The summed E-state index contributed by atoms with van der Waals surface area (Å²) in [5.41, 5.74) is -0.804. The molecular weight excluding hydrogens is 650 g/mol. The molecule has 2 aromatic carbocycles.